The van der Waals surface area contributed by atoms with Gasteiger partial charge in [-0.25, -0.2) is 4.79 Å². The second-order valence-electron chi connectivity index (χ2n) is 6.12. The molecule has 0 aliphatic heterocycles. The van der Waals surface area contributed by atoms with E-state index in [2.05, 4.69) is 12.2 Å². The van der Waals surface area contributed by atoms with Crippen molar-refractivity contribution in [2.75, 3.05) is 19.8 Å². The third-order valence-electron chi connectivity index (χ3n) is 3.86. The molecule has 0 aliphatic rings. The van der Waals surface area contributed by atoms with Gasteiger partial charge in [0.1, 0.15) is 0 Å². The van der Waals surface area contributed by atoms with Crippen molar-refractivity contribution in [3.63, 3.8) is 0 Å². The van der Waals surface area contributed by atoms with Crippen LogP contribution in [0.15, 0.2) is 48.5 Å². The number of esters is 1. The number of rotatable bonds is 10. The van der Waals surface area contributed by atoms with E-state index in [4.69, 9.17) is 14.2 Å². The van der Waals surface area contributed by atoms with Crippen LogP contribution in [0, 0.1) is 0 Å². The lowest BCUT2D eigenvalue weighted by Crippen LogP contribution is -2.34. The summed E-state index contributed by atoms with van der Waals surface area (Å²) in [4.78, 5) is 36.1. The van der Waals surface area contributed by atoms with Crippen molar-refractivity contribution in [2.24, 2.45) is 0 Å². The Bertz CT molecular complexity index is 834. The van der Waals surface area contributed by atoms with Crippen LogP contribution in [0.5, 0.6) is 11.5 Å². The van der Waals surface area contributed by atoms with E-state index in [0.717, 1.165) is 12.8 Å². The zero-order valence-corrected chi connectivity index (χ0v) is 16.6. The molecule has 0 radical (unpaired) electrons. The Balaban J connectivity index is 1.92. The van der Waals surface area contributed by atoms with Crippen molar-refractivity contribution in [2.45, 2.75) is 26.7 Å². The minimum absolute atomic E-state index is 0.221. The van der Waals surface area contributed by atoms with Gasteiger partial charge in [-0.05, 0) is 43.7 Å². The van der Waals surface area contributed by atoms with Crippen molar-refractivity contribution in [1.82, 2.24) is 5.32 Å². The molecule has 0 spiro atoms. The van der Waals surface area contributed by atoms with Crippen LogP contribution in [0.3, 0.4) is 0 Å². The van der Waals surface area contributed by atoms with Gasteiger partial charge in [-0.3, -0.25) is 14.9 Å². The molecule has 2 rings (SSSR count). The van der Waals surface area contributed by atoms with E-state index < -0.39 is 24.4 Å². The fourth-order valence-corrected chi connectivity index (χ4v) is 2.39. The number of ether oxygens (including phenoxy) is 3. The summed E-state index contributed by atoms with van der Waals surface area (Å²) in [6.07, 6.45) is 1.91. The molecule has 0 unspecified atom stereocenters. The molecule has 0 atom stereocenters. The first-order valence-corrected chi connectivity index (χ1v) is 9.51. The summed E-state index contributed by atoms with van der Waals surface area (Å²) in [5.41, 5.74) is 0.561. The van der Waals surface area contributed by atoms with Crippen molar-refractivity contribution < 1.29 is 28.6 Å². The van der Waals surface area contributed by atoms with Crippen molar-refractivity contribution in [3.8, 4) is 11.5 Å². The van der Waals surface area contributed by atoms with Gasteiger partial charge in [0.05, 0.1) is 18.8 Å². The van der Waals surface area contributed by atoms with Crippen molar-refractivity contribution in [1.29, 1.82) is 0 Å². The molecular formula is C22H25NO6. The molecule has 154 valence electrons. The summed E-state index contributed by atoms with van der Waals surface area (Å²) in [5, 5.41) is 2.17. The highest BCUT2D eigenvalue weighted by molar-refractivity contribution is 6.05. The van der Waals surface area contributed by atoms with Crippen LogP contribution in [0.1, 0.15) is 47.4 Å². The minimum atomic E-state index is -0.711. The quantitative estimate of drug-likeness (QED) is 0.487. The molecule has 0 heterocycles. The van der Waals surface area contributed by atoms with E-state index in [9.17, 15) is 14.4 Å². The first kappa shape index (κ1) is 21.9. The molecular weight excluding hydrogens is 374 g/mol. The van der Waals surface area contributed by atoms with Crippen LogP contribution in [0.2, 0.25) is 0 Å². The molecule has 29 heavy (non-hydrogen) atoms. The number of carbonyl (C=O) groups is 3. The Morgan fingerprint density at radius 1 is 0.897 bits per heavy atom. The standard InChI is InChI=1S/C22H25NO6/c1-3-5-13-28-18-12-11-17(14-19(18)27-4-2)22(26)29-15-20(24)23-21(25)16-9-7-6-8-10-16/h6-12,14H,3-5,13,15H2,1-2H3,(H,23,24,25). The largest absolute Gasteiger partial charge is 0.490 e. The number of benzene rings is 2. The fraction of sp³-hybridized carbons (Fsp3) is 0.318. The van der Waals surface area contributed by atoms with Gasteiger partial charge >= 0.3 is 5.97 Å². The first-order valence-electron chi connectivity index (χ1n) is 9.51. The number of hydrogen-bond acceptors (Lipinski definition) is 6. The van der Waals surface area contributed by atoms with E-state index in [0.29, 0.717) is 30.3 Å². The number of imide groups is 1. The lowest BCUT2D eigenvalue weighted by Gasteiger charge is -2.13. The van der Waals surface area contributed by atoms with E-state index >= 15 is 0 Å². The predicted molar refractivity (Wildman–Crippen MR) is 107 cm³/mol. The molecule has 0 saturated carbocycles. The number of hydrogen-bond donors (Lipinski definition) is 1. The zero-order chi connectivity index (χ0) is 21.1. The van der Waals surface area contributed by atoms with E-state index in [1.54, 1.807) is 42.5 Å². The highest BCUT2D eigenvalue weighted by Crippen LogP contribution is 2.29. The number of nitrogens with one attached hydrogen (secondary N) is 1. The first-order chi connectivity index (χ1) is 14.0. The number of unbranched alkanes of at least 4 members (excludes halogenated alkanes) is 1. The molecule has 0 aromatic heterocycles. The van der Waals surface area contributed by atoms with Crippen LogP contribution in [0.25, 0.3) is 0 Å². The number of amides is 2. The second-order valence-corrected chi connectivity index (χ2v) is 6.12. The Labute approximate surface area is 170 Å². The average Bonchev–Trinajstić information content (AvgIpc) is 2.74. The van der Waals surface area contributed by atoms with Gasteiger partial charge in [0, 0.05) is 5.56 Å². The highest BCUT2D eigenvalue weighted by Gasteiger charge is 2.16. The Morgan fingerprint density at radius 3 is 2.34 bits per heavy atom. The molecule has 0 bridgehead atoms. The Hall–Kier alpha value is -3.35. The molecule has 2 amide bonds. The van der Waals surface area contributed by atoms with Gasteiger partial charge in [-0.2, -0.15) is 0 Å². The minimum Gasteiger partial charge on any atom is -0.490 e. The van der Waals surface area contributed by atoms with Crippen LogP contribution in [0.4, 0.5) is 0 Å². The summed E-state index contributed by atoms with van der Waals surface area (Å²) in [7, 11) is 0. The average molecular weight is 399 g/mol. The summed E-state index contributed by atoms with van der Waals surface area (Å²) in [5.74, 6) is -0.992. The number of carbonyl (C=O) groups excluding carboxylic acids is 3. The maximum atomic E-state index is 12.2. The highest BCUT2D eigenvalue weighted by atomic mass is 16.5. The third kappa shape index (κ3) is 6.95. The smallest absolute Gasteiger partial charge is 0.338 e. The van der Waals surface area contributed by atoms with E-state index in [-0.39, 0.29) is 5.56 Å². The maximum Gasteiger partial charge on any atom is 0.338 e. The SMILES string of the molecule is CCCCOc1ccc(C(=O)OCC(=O)NC(=O)c2ccccc2)cc1OCC. The Morgan fingerprint density at radius 2 is 1.66 bits per heavy atom. The van der Waals surface area contributed by atoms with Crippen LogP contribution in [-0.4, -0.2) is 37.6 Å². The topological polar surface area (TPSA) is 90.9 Å². The lowest BCUT2D eigenvalue weighted by atomic mass is 10.2. The molecule has 0 saturated heterocycles. The van der Waals surface area contributed by atoms with Crippen LogP contribution in [-0.2, 0) is 9.53 Å². The van der Waals surface area contributed by atoms with Crippen LogP contribution >= 0.6 is 0 Å². The van der Waals surface area contributed by atoms with Gasteiger partial charge in [-0.15, -0.1) is 0 Å². The van der Waals surface area contributed by atoms with Gasteiger partial charge in [-0.1, -0.05) is 31.5 Å². The summed E-state index contributed by atoms with van der Waals surface area (Å²) in [6.45, 7) is 4.28. The molecule has 0 aliphatic carbocycles. The van der Waals surface area contributed by atoms with Gasteiger partial charge in [0.2, 0.25) is 0 Å². The van der Waals surface area contributed by atoms with Gasteiger partial charge in [0.15, 0.2) is 18.1 Å². The summed E-state index contributed by atoms with van der Waals surface area (Å²) < 4.78 is 16.2. The molecule has 7 nitrogen and oxygen atoms in total. The Kier molecular flexibility index (Phi) is 8.69. The second kappa shape index (κ2) is 11.5. The third-order valence-corrected chi connectivity index (χ3v) is 3.86. The molecule has 0 fully saturated rings. The molecule has 2 aromatic rings. The monoisotopic (exact) mass is 399 g/mol. The zero-order valence-electron chi connectivity index (χ0n) is 16.6. The predicted octanol–water partition coefficient (Wildman–Crippen LogP) is 3.38. The summed E-state index contributed by atoms with van der Waals surface area (Å²) >= 11 is 0. The van der Waals surface area contributed by atoms with E-state index in [1.807, 2.05) is 6.92 Å². The van der Waals surface area contributed by atoms with Gasteiger partial charge < -0.3 is 14.2 Å². The van der Waals surface area contributed by atoms with Gasteiger partial charge in [0.25, 0.3) is 11.8 Å². The lowest BCUT2D eigenvalue weighted by molar-refractivity contribution is -0.123. The van der Waals surface area contributed by atoms with Crippen molar-refractivity contribution >= 4 is 17.8 Å². The normalized spacial score (nSPS) is 10.1. The summed E-state index contributed by atoms with van der Waals surface area (Å²) in [6, 6.07) is 13.0. The van der Waals surface area contributed by atoms with Crippen LogP contribution < -0.4 is 14.8 Å². The van der Waals surface area contributed by atoms with Crippen molar-refractivity contribution in [3.05, 3.63) is 59.7 Å². The molecule has 7 heteroatoms. The molecule has 1 N–H and O–H groups in total. The van der Waals surface area contributed by atoms with E-state index in [1.165, 1.54) is 6.07 Å². The maximum absolute atomic E-state index is 12.2. The fourth-order valence-electron chi connectivity index (χ4n) is 2.39. The molecule has 2 aromatic carbocycles.